The summed E-state index contributed by atoms with van der Waals surface area (Å²) in [6.45, 7) is 40.1. The van der Waals surface area contributed by atoms with E-state index in [1.54, 1.807) is 43.8 Å². The molecule has 10 aromatic rings. The van der Waals surface area contributed by atoms with Crippen molar-refractivity contribution in [1.29, 1.82) is 0 Å². The highest BCUT2D eigenvalue weighted by molar-refractivity contribution is 6.42. The summed E-state index contributed by atoms with van der Waals surface area (Å²) >= 11 is 25.6. The van der Waals surface area contributed by atoms with Crippen LogP contribution in [0.2, 0.25) is 20.4 Å². The molecule has 1 aromatic carbocycles. The fourth-order valence-corrected chi connectivity index (χ4v) is 15.6. The number of benzene rings is 1. The summed E-state index contributed by atoms with van der Waals surface area (Å²) in [7, 11) is 0. The Labute approximate surface area is 688 Å². The van der Waals surface area contributed by atoms with Crippen molar-refractivity contribution in [3.05, 3.63) is 225 Å². The third kappa shape index (κ3) is 16.4. The lowest BCUT2D eigenvalue weighted by atomic mass is 9.96. The van der Waals surface area contributed by atoms with Gasteiger partial charge in [0.2, 0.25) is 17.7 Å². The van der Waals surface area contributed by atoms with Crippen molar-refractivity contribution in [2.75, 3.05) is 93.2 Å². The number of carbonyl (C=O) groups is 3. The van der Waals surface area contributed by atoms with Gasteiger partial charge in [-0.2, -0.15) is 0 Å². The lowest BCUT2D eigenvalue weighted by Crippen LogP contribution is -2.49. The number of pyridine rings is 8. The zero-order valence-corrected chi connectivity index (χ0v) is 69.4. The van der Waals surface area contributed by atoms with Crippen LogP contribution in [0.1, 0.15) is 155 Å². The Kier molecular flexibility index (Phi) is 26.0. The van der Waals surface area contributed by atoms with Crippen molar-refractivity contribution < 1.29 is 18.8 Å². The van der Waals surface area contributed by atoms with E-state index in [1.165, 1.54) is 39.8 Å². The number of piperazine rings is 3. The number of hydrogen-bond acceptors (Lipinski definition) is 16. The third-order valence-electron chi connectivity index (χ3n) is 20.7. The number of anilines is 3. The Hall–Kier alpha value is -11.5. The first-order valence-electron chi connectivity index (χ1n) is 37.8. The Morgan fingerprint density at radius 1 is 0.443 bits per heavy atom. The van der Waals surface area contributed by atoms with Gasteiger partial charge in [0.15, 0.2) is 16.9 Å². The molecule has 3 aliphatic rings. The second-order valence-corrected chi connectivity index (χ2v) is 31.1. The van der Waals surface area contributed by atoms with Gasteiger partial charge in [-0.05, 0) is 109 Å². The molecule has 9 aromatic heterocycles. The molecule has 3 aliphatic heterocycles. The van der Waals surface area contributed by atoms with Gasteiger partial charge in [-0.15, -0.1) is 19.3 Å². The minimum atomic E-state index is -0.518. The number of aromatic nitrogens is 10. The molecule has 12 heterocycles. The lowest BCUT2D eigenvalue weighted by molar-refractivity contribution is -0.127. The highest BCUT2D eigenvalue weighted by Crippen LogP contribution is 2.42. The minimum Gasteiger partial charge on any atom is -0.366 e. The summed E-state index contributed by atoms with van der Waals surface area (Å²) in [6.07, 6.45) is 26.9. The molecule has 0 bridgehead atoms. The predicted molar refractivity (Wildman–Crippen MR) is 459 cm³/mol. The summed E-state index contributed by atoms with van der Waals surface area (Å²) in [5.41, 5.74) is 9.89. The summed E-state index contributed by atoms with van der Waals surface area (Å²) in [4.78, 5) is 123. The Balaban J connectivity index is 0.000000171. The zero-order chi connectivity index (χ0) is 83.5. The van der Waals surface area contributed by atoms with Crippen LogP contribution in [-0.2, 0) is 14.4 Å². The van der Waals surface area contributed by atoms with E-state index in [9.17, 15) is 28.8 Å². The molecule has 0 saturated carbocycles. The van der Waals surface area contributed by atoms with Gasteiger partial charge in [-0.3, -0.25) is 52.4 Å². The van der Waals surface area contributed by atoms with E-state index >= 15 is 4.39 Å². The number of amides is 3. The van der Waals surface area contributed by atoms with Crippen LogP contribution < -0.4 is 31.4 Å². The van der Waals surface area contributed by atoms with Crippen molar-refractivity contribution in [3.8, 4) is 65.4 Å². The van der Waals surface area contributed by atoms with Crippen molar-refractivity contribution in [2.24, 2.45) is 0 Å². The van der Waals surface area contributed by atoms with Gasteiger partial charge < -0.3 is 29.4 Å². The van der Waals surface area contributed by atoms with Crippen molar-refractivity contribution >= 4 is 114 Å². The minimum absolute atomic E-state index is 0.00957. The molecule has 13 rings (SSSR count). The van der Waals surface area contributed by atoms with E-state index in [4.69, 9.17) is 70.7 Å². The Bertz CT molecular complexity index is 5870. The number of carbonyl (C=O) groups excluding carboxylic acids is 3. The van der Waals surface area contributed by atoms with Gasteiger partial charge >= 0.3 is 0 Å². The molecular formula is C88H89Cl4FN16O6. The van der Waals surface area contributed by atoms with Crippen molar-refractivity contribution in [1.82, 2.24) is 63.3 Å². The summed E-state index contributed by atoms with van der Waals surface area (Å²) in [5, 5.41) is 2.26. The smallest absolute Gasteiger partial charge is 0.274 e. The standard InChI is InChI=1S/C35H36FN5O2.C27H28Cl2N6O2.C26H25Cl2N5O2/c1-8-24-32(40-18-16-39(17-19-40)29(42)9-2)27-20-28(36)31(26-13-11-10-12-23(26)7)38-34(27)41(35(24)43)33-25(21(3)4)14-15-37-30(33)22(5)6;1-7-17-23(34-11-9-33(10-12-34)20(36)8-2)18-13-19(28)25(29)32-26(18)35(27(17)37)24-21(15(3)4)30-14-31-22(24)16(5)6;1-6-17-23(32-12-10-31(11-13-32)20(34)7-2)18-14-19(27)24(28)30-25(18)33(26(17)35)22-16(5)8-9-29-21(22)15(3)4/h1,9-15,20-22H,2,16-19H2,3-7H3;1,8,13-16H,2,9-12H2,3-6H3;1,7-9,14-15H,2,10-13H2,3-5H3. The van der Waals surface area contributed by atoms with Crippen LogP contribution >= 0.6 is 46.4 Å². The summed E-state index contributed by atoms with van der Waals surface area (Å²) in [5.74, 6) is 6.99. The lowest BCUT2D eigenvalue weighted by Gasteiger charge is -2.37. The maximum Gasteiger partial charge on any atom is 0.274 e. The molecule has 0 aliphatic carbocycles. The molecule has 115 heavy (non-hydrogen) atoms. The summed E-state index contributed by atoms with van der Waals surface area (Å²) in [6, 6.07) is 16.0. The highest BCUT2D eigenvalue weighted by atomic mass is 35.5. The third-order valence-corrected chi connectivity index (χ3v) is 22.1. The SMILES string of the molecule is C#Cc1c(N2CCN(C(=O)C=C)CC2)c2cc(Cl)c(Cl)nc2n(-c2c(C(C)C)ncnc2C(C)C)c1=O.C#Cc1c(N2CCN(C(=O)C=C)CC2)c2cc(Cl)c(Cl)nc2n(-c2c(C)ccnc2C(C)C)c1=O.C#Cc1c(N2CCN(C(=O)C=C)CC2)c2cc(F)c(-c3ccccc3C)nc2n(-c2c(C(C)C)ccnc2C(C)C)c1=O. The Morgan fingerprint density at radius 2 is 0.791 bits per heavy atom. The van der Waals surface area contributed by atoms with Crippen molar-refractivity contribution in [3.63, 3.8) is 0 Å². The molecule has 3 saturated heterocycles. The van der Waals surface area contributed by atoms with Crippen LogP contribution in [0.4, 0.5) is 21.5 Å². The summed E-state index contributed by atoms with van der Waals surface area (Å²) < 4.78 is 20.7. The number of rotatable bonds is 15. The van der Waals surface area contributed by atoms with E-state index < -0.39 is 16.9 Å². The monoisotopic (exact) mass is 1620 g/mol. The first kappa shape index (κ1) is 84.4. The highest BCUT2D eigenvalue weighted by Gasteiger charge is 2.35. The molecule has 0 unspecified atom stereocenters. The van der Waals surface area contributed by atoms with Crippen LogP contribution in [0.15, 0.2) is 126 Å². The zero-order valence-electron chi connectivity index (χ0n) is 66.4. The largest absolute Gasteiger partial charge is 0.366 e. The molecule has 0 radical (unpaired) electrons. The molecule has 3 fully saturated rings. The molecule has 22 nitrogen and oxygen atoms in total. The normalized spacial score (nSPS) is 13.8. The van der Waals surface area contributed by atoms with Crippen LogP contribution in [-0.4, -0.2) is 160 Å². The van der Waals surface area contributed by atoms with Gasteiger partial charge in [0.1, 0.15) is 44.8 Å². The number of nitrogens with zero attached hydrogens (tertiary/aromatic N) is 16. The maximum atomic E-state index is 16.1. The molecule has 27 heteroatoms. The Morgan fingerprint density at radius 3 is 1.17 bits per heavy atom. The molecule has 3 amide bonds. The molecule has 0 N–H and O–H groups in total. The van der Waals surface area contributed by atoms with Gasteiger partial charge in [0.05, 0.1) is 66.9 Å². The fourth-order valence-electron chi connectivity index (χ4n) is 15.0. The molecule has 0 atom stereocenters. The van der Waals surface area contributed by atoms with Crippen LogP contribution in [0.5, 0.6) is 0 Å². The van der Waals surface area contributed by atoms with Gasteiger partial charge in [-0.25, -0.2) is 29.3 Å². The second kappa shape index (κ2) is 35.5. The predicted octanol–water partition coefficient (Wildman–Crippen LogP) is 14.8. The average Bonchev–Trinajstić information content (AvgIpc) is 0.734. The first-order chi connectivity index (χ1) is 54.9. The van der Waals surface area contributed by atoms with Gasteiger partial charge in [0.25, 0.3) is 16.7 Å². The van der Waals surface area contributed by atoms with Gasteiger partial charge in [0, 0.05) is 113 Å². The van der Waals surface area contributed by atoms with Crippen LogP contribution in [0, 0.1) is 56.7 Å². The van der Waals surface area contributed by atoms with Crippen LogP contribution in [0.3, 0.4) is 0 Å². The van der Waals surface area contributed by atoms with Crippen molar-refractivity contribution in [2.45, 2.75) is 113 Å². The van der Waals surface area contributed by atoms with E-state index in [0.29, 0.717) is 163 Å². The topological polar surface area (TPSA) is 227 Å². The van der Waals surface area contributed by atoms with E-state index in [0.717, 1.165) is 28.1 Å². The van der Waals surface area contributed by atoms with E-state index in [-0.39, 0.29) is 95.6 Å². The quantitative estimate of drug-likeness (QED) is 0.0528. The molecule has 0 spiro atoms. The number of halogens is 5. The molecular weight excluding hydrogens is 1540 g/mol. The number of aryl methyl sites for hydroxylation is 2. The number of fused-ring (bicyclic) bond motifs is 3. The van der Waals surface area contributed by atoms with E-state index in [1.807, 2.05) is 120 Å². The van der Waals surface area contributed by atoms with Crippen LogP contribution in [0.25, 0.3) is 61.4 Å². The fraction of sp³-hybridized carbons (Fsp3) is 0.330. The molecule has 592 valence electrons. The second-order valence-electron chi connectivity index (χ2n) is 29.6. The first-order valence-corrected chi connectivity index (χ1v) is 39.3. The van der Waals surface area contributed by atoms with E-state index in [2.05, 4.69) is 81.2 Å². The maximum absolute atomic E-state index is 16.1. The average molecular weight is 1630 g/mol. The van der Waals surface area contributed by atoms with Gasteiger partial charge in [-0.1, -0.05) is 177 Å². The number of terminal acetylenes is 3. The number of hydrogen-bond donors (Lipinski definition) is 0.